The molecule has 98 valence electrons. The number of benzene rings is 1. The van der Waals surface area contributed by atoms with E-state index in [1.54, 1.807) is 0 Å². The lowest BCUT2D eigenvalue weighted by Crippen LogP contribution is -2.14. The summed E-state index contributed by atoms with van der Waals surface area (Å²) in [7, 11) is 0. The number of halogens is 3. The van der Waals surface area contributed by atoms with Crippen LogP contribution >= 0.6 is 11.6 Å². The predicted octanol–water partition coefficient (Wildman–Crippen LogP) is 2.85. The molecule has 2 aromatic rings. The largest absolute Gasteiger partial charge is 0.384 e. The summed E-state index contributed by atoms with van der Waals surface area (Å²) in [5.74, 6) is -2.26. The highest BCUT2D eigenvalue weighted by Gasteiger charge is 2.14. The van der Waals surface area contributed by atoms with Crippen LogP contribution in [0.4, 0.5) is 20.3 Å². The molecule has 2 rings (SSSR count). The first-order valence-corrected chi connectivity index (χ1v) is 5.52. The van der Waals surface area contributed by atoms with Gasteiger partial charge in [-0.25, -0.2) is 13.8 Å². The van der Waals surface area contributed by atoms with E-state index < -0.39 is 17.5 Å². The molecule has 3 N–H and O–H groups in total. The normalized spacial score (nSPS) is 10.3. The van der Waals surface area contributed by atoms with Crippen LogP contribution in [0.2, 0.25) is 5.02 Å². The Morgan fingerprint density at radius 3 is 2.68 bits per heavy atom. The Morgan fingerprint density at radius 1 is 1.32 bits per heavy atom. The van der Waals surface area contributed by atoms with E-state index in [9.17, 15) is 13.6 Å². The molecule has 1 amide bonds. The highest BCUT2D eigenvalue weighted by molar-refractivity contribution is 6.34. The van der Waals surface area contributed by atoms with E-state index >= 15 is 0 Å². The second-order valence-corrected chi connectivity index (χ2v) is 4.08. The van der Waals surface area contributed by atoms with Crippen molar-refractivity contribution in [1.29, 1.82) is 0 Å². The highest BCUT2D eigenvalue weighted by Crippen LogP contribution is 2.26. The summed E-state index contributed by atoms with van der Waals surface area (Å²) in [6.45, 7) is 0. The number of aromatic nitrogens is 1. The van der Waals surface area contributed by atoms with Crippen LogP contribution in [0.25, 0.3) is 0 Å². The number of carbonyl (C=O) groups is 1. The van der Waals surface area contributed by atoms with E-state index in [-0.39, 0.29) is 22.1 Å². The number of hydrogen-bond acceptors (Lipinski definition) is 3. The van der Waals surface area contributed by atoms with Gasteiger partial charge in [0, 0.05) is 17.8 Å². The number of nitrogens with zero attached hydrogens (tertiary/aromatic N) is 1. The molecule has 0 bridgehead atoms. The van der Waals surface area contributed by atoms with E-state index in [1.807, 2.05) is 0 Å². The maximum absolute atomic E-state index is 13.5. The molecule has 0 fully saturated rings. The number of hydrogen-bond donors (Lipinski definition) is 2. The fourth-order valence-electron chi connectivity index (χ4n) is 1.44. The molecule has 0 saturated heterocycles. The summed E-state index contributed by atoms with van der Waals surface area (Å²) < 4.78 is 26.4. The Balaban J connectivity index is 2.29. The summed E-state index contributed by atoms with van der Waals surface area (Å²) in [5.41, 5.74) is 5.33. The van der Waals surface area contributed by atoms with E-state index in [2.05, 4.69) is 10.3 Å². The number of pyridine rings is 1. The van der Waals surface area contributed by atoms with Crippen LogP contribution in [-0.4, -0.2) is 10.9 Å². The summed E-state index contributed by atoms with van der Waals surface area (Å²) >= 11 is 5.67. The standard InChI is InChI=1S/C12H8ClF2N3O/c13-8-4-7(14)5-9(15)11(8)18-12(19)6-1-2-17-10(16)3-6/h1-5H,(H2,16,17)(H,18,19). The number of rotatable bonds is 2. The molecule has 0 radical (unpaired) electrons. The van der Waals surface area contributed by atoms with Crippen molar-refractivity contribution in [2.45, 2.75) is 0 Å². The molecule has 0 spiro atoms. The summed E-state index contributed by atoms with van der Waals surface area (Å²) in [5, 5.41) is 2.02. The zero-order chi connectivity index (χ0) is 14.0. The topological polar surface area (TPSA) is 68.0 Å². The Morgan fingerprint density at radius 2 is 2.05 bits per heavy atom. The summed E-state index contributed by atoms with van der Waals surface area (Å²) in [6.07, 6.45) is 1.34. The lowest BCUT2D eigenvalue weighted by atomic mass is 10.2. The average molecular weight is 284 g/mol. The van der Waals surface area contributed by atoms with Crippen molar-refractivity contribution in [1.82, 2.24) is 4.98 Å². The quantitative estimate of drug-likeness (QED) is 0.890. The van der Waals surface area contributed by atoms with Gasteiger partial charge in [0.05, 0.1) is 10.7 Å². The molecule has 1 aromatic carbocycles. The zero-order valence-corrected chi connectivity index (χ0v) is 10.2. The van der Waals surface area contributed by atoms with Crippen LogP contribution in [0, 0.1) is 11.6 Å². The number of nitrogens with two attached hydrogens (primary N) is 1. The number of nitrogen functional groups attached to an aromatic ring is 1. The van der Waals surface area contributed by atoms with Gasteiger partial charge in [-0.15, -0.1) is 0 Å². The van der Waals surface area contributed by atoms with Crippen molar-refractivity contribution < 1.29 is 13.6 Å². The molecule has 0 aliphatic carbocycles. The molecule has 0 saturated carbocycles. The third-order valence-corrected chi connectivity index (χ3v) is 2.59. The minimum Gasteiger partial charge on any atom is -0.384 e. The van der Waals surface area contributed by atoms with Crippen LogP contribution in [0.3, 0.4) is 0 Å². The summed E-state index contributed by atoms with van der Waals surface area (Å²) in [4.78, 5) is 15.6. The van der Waals surface area contributed by atoms with Gasteiger partial charge in [0.1, 0.15) is 11.6 Å². The van der Waals surface area contributed by atoms with Crippen molar-refractivity contribution in [2.24, 2.45) is 0 Å². The number of anilines is 2. The molecular formula is C12H8ClF2N3O. The van der Waals surface area contributed by atoms with E-state index in [0.717, 1.165) is 6.07 Å². The Kier molecular flexibility index (Phi) is 3.62. The smallest absolute Gasteiger partial charge is 0.255 e. The number of nitrogens with one attached hydrogen (secondary N) is 1. The molecule has 0 atom stereocenters. The molecule has 19 heavy (non-hydrogen) atoms. The van der Waals surface area contributed by atoms with Gasteiger partial charge in [-0.1, -0.05) is 11.6 Å². The van der Waals surface area contributed by atoms with Crippen molar-refractivity contribution in [3.8, 4) is 0 Å². The fourth-order valence-corrected chi connectivity index (χ4v) is 1.68. The van der Waals surface area contributed by atoms with Crippen molar-refractivity contribution >= 4 is 29.0 Å². The molecule has 0 aliphatic heterocycles. The van der Waals surface area contributed by atoms with Crippen LogP contribution in [-0.2, 0) is 0 Å². The van der Waals surface area contributed by atoms with Gasteiger partial charge in [0.15, 0.2) is 5.82 Å². The zero-order valence-electron chi connectivity index (χ0n) is 9.45. The van der Waals surface area contributed by atoms with Crippen LogP contribution in [0.15, 0.2) is 30.5 Å². The van der Waals surface area contributed by atoms with E-state index in [4.69, 9.17) is 17.3 Å². The summed E-state index contributed by atoms with van der Waals surface area (Å²) in [6, 6.07) is 4.26. The monoisotopic (exact) mass is 283 g/mol. The van der Waals surface area contributed by atoms with Crippen LogP contribution in [0.1, 0.15) is 10.4 Å². The van der Waals surface area contributed by atoms with Crippen molar-refractivity contribution in [2.75, 3.05) is 11.1 Å². The van der Waals surface area contributed by atoms with Gasteiger partial charge in [0.25, 0.3) is 5.91 Å². The second-order valence-electron chi connectivity index (χ2n) is 3.67. The molecule has 1 aromatic heterocycles. The van der Waals surface area contributed by atoms with Gasteiger partial charge in [-0.05, 0) is 18.2 Å². The van der Waals surface area contributed by atoms with Gasteiger partial charge < -0.3 is 11.1 Å². The molecule has 0 aliphatic rings. The van der Waals surface area contributed by atoms with Crippen LogP contribution < -0.4 is 11.1 Å². The Bertz CT molecular complexity index is 626. The lowest BCUT2D eigenvalue weighted by Gasteiger charge is -2.08. The Hall–Kier alpha value is -2.21. The molecule has 4 nitrogen and oxygen atoms in total. The Labute approximate surface area is 112 Å². The predicted molar refractivity (Wildman–Crippen MR) is 68.0 cm³/mol. The third kappa shape index (κ3) is 2.97. The highest BCUT2D eigenvalue weighted by atomic mass is 35.5. The number of amides is 1. The maximum Gasteiger partial charge on any atom is 0.255 e. The fraction of sp³-hybridized carbons (Fsp3) is 0. The van der Waals surface area contributed by atoms with Crippen molar-refractivity contribution in [3.05, 3.63) is 52.7 Å². The first kappa shape index (κ1) is 13.2. The maximum atomic E-state index is 13.5. The molecule has 7 heteroatoms. The van der Waals surface area contributed by atoms with Gasteiger partial charge in [-0.3, -0.25) is 4.79 Å². The van der Waals surface area contributed by atoms with Gasteiger partial charge >= 0.3 is 0 Å². The minimum atomic E-state index is -0.958. The number of carbonyl (C=O) groups excluding carboxylic acids is 1. The van der Waals surface area contributed by atoms with Crippen LogP contribution in [0.5, 0.6) is 0 Å². The first-order valence-electron chi connectivity index (χ1n) is 5.15. The minimum absolute atomic E-state index is 0.151. The van der Waals surface area contributed by atoms with Gasteiger partial charge in [-0.2, -0.15) is 0 Å². The lowest BCUT2D eigenvalue weighted by molar-refractivity contribution is 0.102. The third-order valence-electron chi connectivity index (χ3n) is 2.29. The van der Waals surface area contributed by atoms with E-state index in [1.165, 1.54) is 18.3 Å². The second kappa shape index (κ2) is 5.19. The molecule has 1 heterocycles. The molecule has 0 unspecified atom stereocenters. The van der Waals surface area contributed by atoms with Crippen molar-refractivity contribution in [3.63, 3.8) is 0 Å². The SMILES string of the molecule is Nc1cc(C(=O)Nc2c(F)cc(F)cc2Cl)ccn1. The average Bonchev–Trinajstić information content (AvgIpc) is 2.33. The van der Waals surface area contributed by atoms with E-state index in [0.29, 0.717) is 6.07 Å². The van der Waals surface area contributed by atoms with Gasteiger partial charge in [0.2, 0.25) is 0 Å². The first-order chi connectivity index (χ1) is 8.97. The molecular weight excluding hydrogens is 276 g/mol.